The van der Waals surface area contributed by atoms with Gasteiger partial charge in [0.2, 0.25) is 5.91 Å². The molecule has 0 atom stereocenters. The number of likely N-dealkylation sites (N-methyl/N-ethyl adjacent to an activating group) is 1. The molecule has 1 rings (SSSR count). The molecular weight excluding hydrogens is 244 g/mol. The lowest BCUT2D eigenvalue weighted by molar-refractivity contribution is -0.149. The number of carbonyl (C=O) groups is 2. The Morgan fingerprint density at radius 3 is 2.26 bits per heavy atom. The average Bonchev–Trinajstić information content (AvgIpc) is 2.31. The van der Waals surface area contributed by atoms with E-state index in [0.29, 0.717) is 0 Å². The summed E-state index contributed by atoms with van der Waals surface area (Å²) >= 11 is 0. The Kier molecular flexibility index (Phi) is 5.35. The van der Waals surface area contributed by atoms with Gasteiger partial charge >= 0.3 is 5.97 Å². The minimum Gasteiger partial charge on any atom is -0.480 e. The van der Waals surface area contributed by atoms with E-state index in [2.05, 4.69) is 12.2 Å². The van der Waals surface area contributed by atoms with Gasteiger partial charge in [0.05, 0.1) is 6.54 Å². The van der Waals surface area contributed by atoms with Crippen LogP contribution in [0.15, 0.2) is 0 Å². The number of rotatable bonds is 5. The highest BCUT2D eigenvalue weighted by atomic mass is 16.4. The summed E-state index contributed by atoms with van der Waals surface area (Å²) in [7, 11) is 1.66. The molecule has 0 saturated heterocycles. The molecule has 0 aromatic carbocycles. The predicted octanol–water partition coefficient (Wildman–Crippen LogP) is 1.48. The van der Waals surface area contributed by atoms with E-state index >= 15 is 0 Å². The Bertz CT molecular complexity index is 334. The second-order valence-corrected chi connectivity index (χ2v) is 6.24. The van der Waals surface area contributed by atoms with Gasteiger partial charge in [0.15, 0.2) is 0 Å². The minimum absolute atomic E-state index is 0.0867. The van der Waals surface area contributed by atoms with E-state index in [1.54, 1.807) is 25.8 Å². The lowest BCUT2D eigenvalue weighted by Crippen LogP contribution is -2.52. The van der Waals surface area contributed by atoms with Crippen molar-refractivity contribution in [1.29, 1.82) is 0 Å². The van der Waals surface area contributed by atoms with Crippen LogP contribution in [0.25, 0.3) is 0 Å². The van der Waals surface area contributed by atoms with Gasteiger partial charge in [-0.2, -0.15) is 0 Å². The number of carboxylic acid groups (broad SMARTS) is 1. The summed E-state index contributed by atoms with van der Waals surface area (Å²) in [6, 6.07) is 0.255. The van der Waals surface area contributed by atoms with Crippen molar-refractivity contribution >= 4 is 11.9 Å². The summed E-state index contributed by atoms with van der Waals surface area (Å²) in [5, 5.41) is 12.1. The Balaban J connectivity index is 2.41. The fraction of sp³-hybridized carbons (Fsp3) is 0.857. The molecule has 0 aromatic rings. The minimum atomic E-state index is -1.03. The van der Waals surface area contributed by atoms with Crippen molar-refractivity contribution in [3.63, 3.8) is 0 Å². The largest absolute Gasteiger partial charge is 0.480 e. The van der Waals surface area contributed by atoms with E-state index in [9.17, 15) is 9.59 Å². The first-order valence-electron chi connectivity index (χ1n) is 6.97. The quantitative estimate of drug-likeness (QED) is 0.794. The fourth-order valence-electron chi connectivity index (χ4n) is 2.25. The van der Waals surface area contributed by atoms with Crippen molar-refractivity contribution in [2.24, 2.45) is 5.92 Å². The van der Waals surface area contributed by atoms with Gasteiger partial charge in [0.25, 0.3) is 0 Å². The zero-order valence-electron chi connectivity index (χ0n) is 12.4. The van der Waals surface area contributed by atoms with Gasteiger partial charge < -0.3 is 10.4 Å². The van der Waals surface area contributed by atoms with E-state index in [1.807, 2.05) is 0 Å². The zero-order valence-corrected chi connectivity index (χ0v) is 12.4. The van der Waals surface area contributed by atoms with Gasteiger partial charge in [-0.1, -0.05) is 6.92 Å². The molecule has 0 aromatic heterocycles. The molecule has 19 heavy (non-hydrogen) atoms. The molecule has 5 nitrogen and oxygen atoms in total. The summed E-state index contributed by atoms with van der Waals surface area (Å²) in [6.07, 6.45) is 4.36. The summed E-state index contributed by atoms with van der Waals surface area (Å²) in [4.78, 5) is 24.6. The molecule has 1 aliphatic rings. The number of hydrogen-bond donors (Lipinski definition) is 2. The monoisotopic (exact) mass is 270 g/mol. The van der Waals surface area contributed by atoms with E-state index in [0.717, 1.165) is 31.6 Å². The summed E-state index contributed by atoms with van der Waals surface area (Å²) in [5.41, 5.74) is -1.03. The SMILES string of the molecule is CC1CCC(NC(=O)CN(C)C(C)(C)C(=O)O)CC1. The summed E-state index contributed by atoms with van der Waals surface area (Å²) in [6.45, 7) is 5.56. The maximum absolute atomic E-state index is 11.9. The second-order valence-electron chi connectivity index (χ2n) is 6.24. The number of carbonyl (C=O) groups excluding carboxylic acids is 1. The molecular formula is C14H26N2O3. The van der Waals surface area contributed by atoms with Crippen molar-refractivity contribution < 1.29 is 14.7 Å². The van der Waals surface area contributed by atoms with Crippen molar-refractivity contribution in [2.75, 3.05) is 13.6 Å². The lowest BCUT2D eigenvalue weighted by atomic mass is 9.87. The van der Waals surface area contributed by atoms with E-state index in [4.69, 9.17) is 5.11 Å². The maximum atomic E-state index is 11.9. The third-order valence-electron chi connectivity index (χ3n) is 4.24. The molecule has 2 N–H and O–H groups in total. The lowest BCUT2D eigenvalue weighted by Gasteiger charge is -2.32. The Hall–Kier alpha value is -1.10. The van der Waals surface area contributed by atoms with Crippen molar-refractivity contribution in [2.45, 2.75) is 58.0 Å². The van der Waals surface area contributed by atoms with Crippen molar-refractivity contribution in [3.8, 4) is 0 Å². The number of amides is 1. The van der Waals surface area contributed by atoms with Crippen LogP contribution in [-0.4, -0.2) is 47.1 Å². The average molecular weight is 270 g/mol. The first-order valence-corrected chi connectivity index (χ1v) is 6.97. The number of nitrogens with one attached hydrogen (secondary N) is 1. The topological polar surface area (TPSA) is 69.6 Å². The summed E-state index contributed by atoms with van der Waals surface area (Å²) in [5.74, 6) is -0.257. The number of carboxylic acids is 1. The van der Waals surface area contributed by atoms with Gasteiger partial charge in [0, 0.05) is 6.04 Å². The number of nitrogens with zero attached hydrogens (tertiary/aromatic N) is 1. The summed E-state index contributed by atoms with van der Waals surface area (Å²) < 4.78 is 0. The molecule has 0 radical (unpaired) electrons. The van der Waals surface area contributed by atoms with E-state index in [1.165, 1.54) is 0 Å². The van der Waals surface area contributed by atoms with Gasteiger partial charge in [-0.3, -0.25) is 14.5 Å². The molecule has 110 valence electrons. The number of hydrogen-bond acceptors (Lipinski definition) is 3. The first kappa shape index (κ1) is 16.0. The second kappa shape index (κ2) is 6.37. The molecule has 1 fully saturated rings. The van der Waals surface area contributed by atoms with E-state index < -0.39 is 11.5 Å². The molecule has 0 bridgehead atoms. The van der Waals surface area contributed by atoms with Crippen LogP contribution < -0.4 is 5.32 Å². The predicted molar refractivity (Wildman–Crippen MR) is 73.9 cm³/mol. The zero-order chi connectivity index (χ0) is 14.6. The highest BCUT2D eigenvalue weighted by Crippen LogP contribution is 2.23. The highest BCUT2D eigenvalue weighted by molar-refractivity contribution is 5.81. The van der Waals surface area contributed by atoms with Crippen LogP contribution in [0.4, 0.5) is 0 Å². The molecule has 1 saturated carbocycles. The standard InChI is InChI=1S/C14H26N2O3/c1-10-5-7-11(8-6-10)15-12(17)9-16(4)14(2,3)13(18)19/h10-11H,5-9H2,1-4H3,(H,15,17)(H,18,19). The molecule has 1 aliphatic carbocycles. The first-order chi connectivity index (χ1) is 8.73. The van der Waals surface area contributed by atoms with Gasteiger partial charge in [-0.25, -0.2) is 0 Å². The van der Waals surface area contributed by atoms with Gasteiger partial charge in [0.1, 0.15) is 5.54 Å². The third-order valence-corrected chi connectivity index (χ3v) is 4.24. The molecule has 0 spiro atoms. The van der Waals surface area contributed by atoms with Crippen LogP contribution in [0.5, 0.6) is 0 Å². The Morgan fingerprint density at radius 2 is 1.79 bits per heavy atom. The van der Waals surface area contributed by atoms with Crippen LogP contribution in [0.1, 0.15) is 46.5 Å². The number of aliphatic carboxylic acids is 1. The molecule has 5 heteroatoms. The van der Waals surface area contributed by atoms with Crippen LogP contribution in [0.3, 0.4) is 0 Å². The maximum Gasteiger partial charge on any atom is 0.323 e. The Morgan fingerprint density at radius 1 is 1.26 bits per heavy atom. The van der Waals surface area contributed by atoms with Crippen molar-refractivity contribution in [3.05, 3.63) is 0 Å². The molecule has 0 unspecified atom stereocenters. The fourth-order valence-corrected chi connectivity index (χ4v) is 2.25. The van der Waals surface area contributed by atoms with Crippen molar-refractivity contribution in [1.82, 2.24) is 10.2 Å². The normalized spacial score (nSPS) is 24.3. The van der Waals surface area contributed by atoms with Crippen LogP contribution in [-0.2, 0) is 9.59 Å². The third kappa shape index (κ3) is 4.49. The van der Waals surface area contributed by atoms with Crippen LogP contribution in [0, 0.1) is 5.92 Å². The Labute approximate surface area is 115 Å². The molecule has 1 amide bonds. The van der Waals surface area contributed by atoms with Gasteiger partial charge in [-0.05, 0) is 52.5 Å². The van der Waals surface area contributed by atoms with Gasteiger partial charge in [-0.15, -0.1) is 0 Å². The van der Waals surface area contributed by atoms with Crippen LogP contribution >= 0.6 is 0 Å². The van der Waals surface area contributed by atoms with E-state index in [-0.39, 0.29) is 18.5 Å². The molecule has 0 aliphatic heterocycles. The highest BCUT2D eigenvalue weighted by Gasteiger charge is 2.33. The van der Waals surface area contributed by atoms with Crippen LogP contribution in [0.2, 0.25) is 0 Å². The smallest absolute Gasteiger partial charge is 0.323 e. The molecule has 0 heterocycles.